The summed E-state index contributed by atoms with van der Waals surface area (Å²) < 4.78 is 0. The van der Waals surface area contributed by atoms with E-state index in [1.54, 1.807) is 6.92 Å². The number of allylic oxidation sites excluding steroid dienone is 2. The van der Waals surface area contributed by atoms with Crippen molar-refractivity contribution < 1.29 is 0 Å². The van der Waals surface area contributed by atoms with E-state index in [0.717, 1.165) is 17.0 Å². The van der Waals surface area contributed by atoms with Crippen molar-refractivity contribution in [2.75, 3.05) is 5.43 Å². The summed E-state index contributed by atoms with van der Waals surface area (Å²) in [5, 5.41) is 8.19. The van der Waals surface area contributed by atoms with Gasteiger partial charge in [0.05, 0.1) is 5.69 Å². The number of hydrogen-bond acceptors (Lipinski definition) is 3. The molecule has 1 aromatic carbocycles. The van der Waals surface area contributed by atoms with Crippen LogP contribution in [0.4, 0.5) is 5.69 Å². The van der Waals surface area contributed by atoms with Gasteiger partial charge in [-0.1, -0.05) is 17.7 Å². The maximum Gasteiger partial charge on any atom is 0.0554 e. The fourth-order valence-corrected chi connectivity index (χ4v) is 1.30. The van der Waals surface area contributed by atoms with Crippen LogP contribution in [-0.2, 0) is 0 Å². The van der Waals surface area contributed by atoms with Crippen LogP contribution in [0.25, 0.3) is 0 Å². The monoisotopic (exact) mass is 237 g/mol. The highest BCUT2D eigenvalue weighted by molar-refractivity contribution is 6.30. The zero-order valence-corrected chi connectivity index (χ0v) is 10.4. The number of rotatable bonds is 4. The van der Waals surface area contributed by atoms with Crippen molar-refractivity contribution in [1.82, 2.24) is 5.43 Å². The third-order valence-electron chi connectivity index (χ3n) is 2.34. The van der Waals surface area contributed by atoms with Gasteiger partial charge >= 0.3 is 0 Å². The minimum absolute atomic E-state index is 0.554. The van der Waals surface area contributed by atoms with Crippen LogP contribution in [0.5, 0.6) is 0 Å². The Morgan fingerprint density at radius 3 is 2.50 bits per heavy atom. The fraction of sp³-hybridized carbons (Fsp3) is 0.250. The summed E-state index contributed by atoms with van der Waals surface area (Å²) in [6.45, 7) is 5.59. The van der Waals surface area contributed by atoms with Gasteiger partial charge in [-0.05, 0) is 44.5 Å². The topological polar surface area (TPSA) is 47.9 Å². The number of halogens is 1. The minimum atomic E-state index is 0.554. The third kappa shape index (κ3) is 3.59. The van der Waals surface area contributed by atoms with E-state index in [1.165, 1.54) is 0 Å². The second-order valence-corrected chi connectivity index (χ2v) is 4.07. The molecular weight excluding hydrogens is 222 g/mol. The van der Waals surface area contributed by atoms with Gasteiger partial charge in [0, 0.05) is 16.4 Å². The van der Waals surface area contributed by atoms with Crippen molar-refractivity contribution in [3.05, 3.63) is 40.6 Å². The van der Waals surface area contributed by atoms with Crippen molar-refractivity contribution in [1.29, 1.82) is 5.41 Å². The summed E-state index contributed by atoms with van der Waals surface area (Å²) in [5.74, 6) is 0. The number of hydrogen-bond donors (Lipinski definition) is 3. The summed E-state index contributed by atoms with van der Waals surface area (Å²) in [7, 11) is 0. The molecule has 0 spiro atoms. The lowest BCUT2D eigenvalue weighted by Crippen LogP contribution is -2.21. The highest BCUT2D eigenvalue weighted by Crippen LogP contribution is 2.14. The maximum absolute atomic E-state index is 7.50. The van der Waals surface area contributed by atoms with E-state index in [-0.39, 0.29) is 0 Å². The molecular formula is C12H16ClN3. The molecule has 0 saturated carbocycles. The molecule has 0 aliphatic carbocycles. The molecule has 86 valence electrons. The Morgan fingerprint density at radius 2 is 1.94 bits per heavy atom. The van der Waals surface area contributed by atoms with Gasteiger partial charge < -0.3 is 16.3 Å². The van der Waals surface area contributed by atoms with Crippen LogP contribution < -0.4 is 10.9 Å². The molecule has 3 nitrogen and oxygen atoms in total. The second kappa shape index (κ2) is 5.56. The Bertz CT molecular complexity index is 424. The highest BCUT2D eigenvalue weighted by Gasteiger charge is 1.98. The molecule has 16 heavy (non-hydrogen) atoms. The van der Waals surface area contributed by atoms with Gasteiger partial charge in [0.15, 0.2) is 0 Å². The zero-order valence-electron chi connectivity index (χ0n) is 9.69. The molecule has 1 rings (SSSR count). The molecule has 0 saturated heterocycles. The first-order valence-electron chi connectivity index (χ1n) is 5.01. The quantitative estimate of drug-likeness (QED) is 0.554. The van der Waals surface area contributed by atoms with E-state index in [2.05, 4.69) is 10.9 Å². The van der Waals surface area contributed by atoms with Gasteiger partial charge in [0.25, 0.3) is 0 Å². The van der Waals surface area contributed by atoms with Gasteiger partial charge in [-0.25, -0.2) is 0 Å². The Kier molecular flexibility index (Phi) is 4.38. The molecule has 0 radical (unpaired) electrons. The molecule has 0 unspecified atom stereocenters. The van der Waals surface area contributed by atoms with E-state index < -0.39 is 0 Å². The standard InChI is InChI=1S/C12H16ClN3/c1-8(9(2)14)10(3)15-16-12-6-4-5-11(13)7-12/h4-7,14-16H,1-3H3. The molecule has 0 aromatic heterocycles. The van der Waals surface area contributed by atoms with Crippen LogP contribution in [0.2, 0.25) is 5.02 Å². The number of hydrazine groups is 1. The molecule has 0 aliphatic heterocycles. The first kappa shape index (κ1) is 12.6. The number of nitrogens with one attached hydrogen (secondary N) is 3. The van der Waals surface area contributed by atoms with E-state index in [0.29, 0.717) is 10.7 Å². The fourth-order valence-electron chi connectivity index (χ4n) is 1.11. The van der Waals surface area contributed by atoms with E-state index in [1.807, 2.05) is 38.1 Å². The smallest absolute Gasteiger partial charge is 0.0554 e. The second-order valence-electron chi connectivity index (χ2n) is 3.64. The summed E-state index contributed by atoms with van der Waals surface area (Å²) in [6.07, 6.45) is 0. The molecule has 4 heteroatoms. The Morgan fingerprint density at radius 1 is 1.25 bits per heavy atom. The molecule has 0 atom stereocenters. The SMILES string of the molecule is CC(=N)C(C)=C(C)NNc1cccc(Cl)c1. The molecule has 0 heterocycles. The Hall–Kier alpha value is -1.48. The maximum atomic E-state index is 7.50. The van der Waals surface area contributed by atoms with E-state index >= 15 is 0 Å². The van der Waals surface area contributed by atoms with E-state index in [4.69, 9.17) is 17.0 Å². The van der Waals surface area contributed by atoms with Crippen LogP contribution in [0.1, 0.15) is 20.8 Å². The zero-order chi connectivity index (χ0) is 12.1. The van der Waals surface area contributed by atoms with Crippen molar-refractivity contribution >= 4 is 23.0 Å². The lowest BCUT2D eigenvalue weighted by Gasteiger charge is -2.12. The molecule has 0 amide bonds. The average molecular weight is 238 g/mol. The van der Waals surface area contributed by atoms with Crippen LogP contribution in [0.15, 0.2) is 35.5 Å². The highest BCUT2D eigenvalue weighted by atomic mass is 35.5. The Labute approximate surface area is 101 Å². The predicted molar refractivity (Wildman–Crippen MR) is 70.0 cm³/mol. The summed E-state index contributed by atoms with van der Waals surface area (Å²) >= 11 is 5.86. The van der Waals surface area contributed by atoms with Gasteiger partial charge in [-0.2, -0.15) is 0 Å². The number of anilines is 1. The number of benzene rings is 1. The Balaban J connectivity index is 2.65. The van der Waals surface area contributed by atoms with Crippen molar-refractivity contribution in [2.45, 2.75) is 20.8 Å². The molecule has 0 fully saturated rings. The van der Waals surface area contributed by atoms with Crippen molar-refractivity contribution in [3.8, 4) is 0 Å². The first-order valence-corrected chi connectivity index (χ1v) is 5.39. The van der Waals surface area contributed by atoms with Gasteiger partial charge in [0.2, 0.25) is 0 Å². The van der Waals surface area contributed by atoms with Crippen LogP contribution in [0.3, 0.4) is 0 Å². The predicted octanol–water partition coefficient (Wildman–Crippen LogP) is 3.59. The summed E-state index contributed by atoms with van der Waals surface area (Å²) in [4.78, 5) is 0. The average Bonchev–Trinajstić information content (AvgIpc) is 2.24. The largest absolute Gasteiger partial charge is 0.305 e. The van der Waals surface area contributed by atoms with Gasteiger partial charge in [0.1, 0.15) is 0 Å². The third-order valence-corrected chi connectivity index (χ3v) is 2.58. The van der Waals surface area contributed by atoms with Gasteiger partial charge in [-0.3, -0.25) is 0 Å². The molecule has 3 N–H and O–H groups in total. The lowest BCUT2D eigenvalue weighted by atomic mass is 10.2. The van der Waals surface area contributed by atoms with E-state index in [9.17, 15) is 0 Å². The van der Waals surface area contributed by atoms with Crippen LogP contribution in [-0.4, -0.2) is 5.71 Å². The van der Waals surface area contributed by atoms with Gasteiger partial charge in [-0.15, -0.1) is 0 Å². The summed E-state index contributed by atoms with van der Waals surface area (Å²) in [6, 6.07) is 7.44. The molecule has 0 aliphatic rings. The molecule has 0 bridgehead atoms. The summed E-state index contributed by atoms with van der Waals surface area (Å²) in [5.41, 5.74) is 9.36. The normalized spacial score (nSPS) is 11.8. The van der Waals surface area contributed by atoms with Crippen LogP contribution >= 0.6 is 11.6 Å². The minimum Gasteiger partial charge on any atom is -0.305 e. The van der Waals surface area contributed by atoms with Crippen molar-refractivity contribution in [2.24, 2.45) is 0 Å². The molecule has 1 aromatic rings. The van der Waals surface area contributed by atoms with Crippen LogP contribution in [0, 0.1) is 5.41 Å². The first-order chi connectivity index (χ1) is 7.50. The van der Waals surface area contributed by atoms with Crippen molar-refractivity contribution in [3.63, 3.8) is 0 Å². The lowest BCUT2D eigenvalue weighted by molar-refractivity contribution is 0.946.